The monoisotopic (exact) mass is 310 g/mol. The molecule has 0 aliphatic carbocycles. The smallest absolute Gasteiger partial charge is 0.291 e. The number of aromatic nitrogens is 3. The molecule has 0 saturated heterocycles. The molecule has 1 amide bonds. The lowest BCUT2D eigenvalue weighted by Crippen LogP contribution is -2.38. The highest BCUT2D eigenvalue weighted by Gasteiger charge is 2.20. The van der Waals surface area contributed by atoms with Crippen molar-refractivity contribution in [2.24, 2.45) is 0 Å². The first kappa shape index (κ1) is 15.0. The van der Waals surface area contributed by atoms with Gasteiger partial charge in [0.1, 0.15) is 17.9 Å². The number of hydrogen-bond acceptors (Lipinski definition) is 3. The van der Waals surface area contributed by atoms with Crippen molar-refractivity contribution >= 4 is 11.4 Å². The van der Waals surface area contributed by atoms with E-state index in [0.717, 1.165) is 5.56 Å². The lowest BCUT2D eigenvalue weighted by Gasteiger charge is -2.18. The number of nitrogens with zero attached hydrogens (tertiary/aromatic N) is 3. The fourth-order valence-electron chi connectivity index (χ4n) is 2.50. The Morgan fingerprint density at radius 2 is 1.87 bits per heavy atom. The van der Waals surface area contributed by atoms with E-state index in [4.69, 9.17) is 0 Å². The number of nitrogens with one attached hydrogen (secondary N) is 1. The average Bonchev–Trinajstić information content (AvgIpc) is 3.05. The quantitative estimate of drug-likeness (QED) is 0.800. The summed E-state index contributed by atoms with van der Waals surface area (Å²) in [6.07, 6.45) is 3.28. The minimum Gasteiger partial charge on any atom is -0.348 e. The first-order chi connectivity index (χ1) is 11.1. The number of carbonyl (C=O) groups excluding carboxylic acids is 1. The minimum atomic E-state index is -0.687. The summed E-state index contributed by atoms with van der Waals surface area (Å²) in [4.78, 5) is 24.8. The highest BCUT2D eigenvalue weighted by atomic mass is 16.2. The Hall–Kier alpha value is -2.89. The van der Waals surface area contributed by atoms with Crippen LogP contribution in [0, 0.1) is 0 Å². The molecule has 1 aromatic carbocycles. The van der Waals surface area contributed by atoms with Crippen LogP contribution in [-0.2, 0) is 4.79 Å². The maximum absolute atomic E-state index is 12.4. The van der Waals surface area contributed by atoms with Gasteiger partial charge in [0.25, 0.3) is 5.56 Å². The normalized spacial score (nSPS) is 13.7. The Kier molecular flexibility index (Phi) is 3.97. The molecule has 0 radical (unpaired) electrons. The molecule has 2 heterocycles. The topological polar surface area (TPSA) is 68.4 Å². The van der Waals surface area contributed by atoms with Gasteiger partial charge in [-0.15, -0.1) is 0 Å². The molecule has 0 saturated carbocycles. The van der Waals surface area contributed by atoms with Gasteiger partial charge < -0.3 is 9.72 Å². The molecule has 6 heteroatoms. The molecule has 3 aromatic rings. The molecule has 0 spiro atoms. The van der Waals surface area contributed by atoms with Crippen molar-refractivity contribution in [3.63, 3.8) is 0 Å². The van der Waals surface area contributed by atoms with E-state index in [2.05, 4.69) is 10.4 Å². The molecule has 0 aliphatic rings. The zero-order chi connectivity index (χ0) is 16.4. The van der Waals surface area contributed by atoms with Crippen LogP contribution in [0.25, 0.3) is 5.52 Å². The summed E-state index contributed by atoms with van der Waals surface area (Å²) >= 11 is 0. The van der Waals surface area contributed by atoms with Crippen molar-refractivity contribution in [2.45, 2.75) is 25.9 Å². The molecule has 3 rings (SSSR count). The highest BCUT2D eigenvalue weighted by Crippen LogP contribution is 2.13. The van der Waals surface area contributed by atoms with Crippen LogP contribution in [0.5, 0.6) is 0 Å². The third-order valence-corrected chi connectivity index (χ3v) is 3.91. The molecule has 6 nitrogen and oxygen atoms in total. The first-order valence-corrected chi connectivity index (χ1v) is 7.48. The number of fused-ring (bicyclic) bond motifs is 1. The van der Waals surface area contributed by atoms with Crippen molar-refractivity contribution in [2.75, 3.05) is 0 Å². The predicted octanol–water partition coefficient (Wildman–Crippen LogP) is 1.93. The highest BCUT2D eigenvalue weighted by molar-refractivity contribution is 5.80. The van der Waals surface area contributed by atoms with E-state index in [1.807, 2.05) is 37.3 Å². The van der Waals surface area contributed by atoms with E-state index in [-0.39, 0.29) is 17.5 Å². The third kappa shape index (κ3) is 2.88. The maximum atomic E-state index is 12.4. The summed E-state index contributed by atoms with van der Waals surface area (Å²) in [5.74, 6) is -0.244. The molecule has 118 valence electrons. The van der Waals surface area contributed by atoms with Gasteiger partial charge >= 0.3 is 0 Å². The first-order valence-electron chi connectivity index (χ1n) is 7.48. The number of rotatable bonds is 4. The summed E-state index contributed by atoms with van der Waals surface area (Å²) < 4.78 is 2.85. The lowest BCUT2D eigenvalue weighted by atomic mass is 10.1. The van der Waals surface area contributed by atoms with E-state index in [0.29, 0.717) is 5.52 Å². The molecule has 0 fully saturated rings. The van der Waals surface area contributed by atoms with Crippen molar-refractivity contribution in [3.05, 3.63) is 70.9 Å². The van der Waals surface area contributed by atoms with E-state index in [1.165, 1.54) is 11.0 Å². The lowest BCUT2D eigenvalue weighted by molar-refractivity contribution is -0.124. The fraction of sp³-hybridized carbons (Fsp3) is 0.235. The number of benzene rings is 1. The second-order valence-electron chi connectivity index (χ2n) is 5.50. The number of amides is 1. The van der Waals surface area contributed by atoms with E-state index in [9.17, 15) is 9.59 Å². The third-order valence-electron chi connectivity index (χ3n) is 3.91. The van der Waals surface area contributed by atoms with Gasteiger partial charge in [-0.1, -0.05) is 30.3 Å². The number of hydrogen-bond donors (Lipinski definition) is 1. The van der Waals surface area contributed by atoms with Crippen LogP contribution >= 0.6 is 0 Å². The van der Waals surface area contributed by atoms with E-state index >= 15 is 0 Å². The Labute approximate surface area is 133 Å². The molecule has 0 unspecified atom stereocenters. The summed E-state index contributed by atoms with van der Waals surface area (Å²) in [7, 11) is 0. The van der Waals surface area contributed by atoms with Crippen LogP contribution in [0.2, 0.25) is 0 Å². The van der Waals surface area contributed by atoms with Gasteiger partial charge in [0.05, 0.1) is 6.04 Å². The second-order valence-corrected chi connectivity index (χ2v) is 5.50. The van der Waals surface area contributed by atoms with Crippen LogP contribution in [0.1, 0.15) is 31.5 Å². The average molecular weight is 310 g/mol. The summed E-state index contributed by atoms with van der Waals surface area (Å²) in [5, 5.41) is 7.00. The van der Waals surface area contributed by atoms with Crippen LogP contribution in [-0.4, -0.2) is 20.1 Å². The van der Waals surface area contributed by atoms with Crippen molar-refractivity contribution in [1.29, 1.82) is 0 Å². The summed E-state index contributed by atoms with van der Waals surface area (Å²) in [6.45, 7) is 3.58. The molecule has 2 atom stereocenters. The van der Waals surface area contributed by atoms with Gasteiger partial charge in [-0.25, -0.2) is 4.68 Å². The Morgan fingerprint density at radius 3 is 2.61 bits per heavy atom. The van der Waals surface area contributed by atoms with Crippen molar-refractivity contribution in [1.82, 2.24) is 19.5 Å². The van der Waals surface area contributed by atoms with E-state index < -0.39 is 6.04 Å². The SMILES string of the molecule is C[C@H](C(=O)N[C@H](C)c1ccccc1)n1ncn2cccc2c1=O. The summed E-state index contributed by atoms with van der Waals surface area (Å²) in [5.41, 5.74) is 1.22. The Morgan fingerprint density at radius 1 is 1.13 bits per heavy atom. The van der Waals surface area contributed by atoms with Crippen LogP contribution in [0.3, 0.4) is 0 Å². The van der Waals surface area contributed by atoms with Gasteiger partial charge in [0.15, 0.2) is 0 Å². The minimum absolute atomic E-state index is 0.140. The zero-order valence-electron chi connectivity index (χ0n) is 13.0. The van der Waals surface area contributed by atoms with Crippen LogP contribution < -0.4 is 10.9 Å². The largest absolute Gasteiger partial charge is 0.348 e. The van der Waals surface area contributed by atoms with Crippen LogP contribution in [0.15, 0.2) is 59.8 Å². The van der Waals surface area contributed by atoms with E-state index in [1.54, 1.807) is 29.7 Å². The van der Waals surface area contributed by atoms with Gasteiger partial charge in [-0.05, 0) is 31.5 Å². The molecule has 23 heavy (non-hydrogen) atoms. The molecule has 0 bridgehead atoms. The van der Waals surface area contributed by atoms with Gasteiger partial charge in [0.2, 0.25) is 5.91 Å². The fourth-order valence-corrected chi connectivity index (χ4v) is 2.50. The second kappa shape index (κ2) is 6.08. The summed E-state index contributed by atoms with van der Waals surface area (Å²) in [6, 6.07) is 12.3. The van der Waals surface area contributed by atoms with Gasteiger partial charge in [-0.2, -0.15) is 5.10 Å². The zero-order valence-corrected chi connectivity index (χ0v) is 13.0. The Balaban J connectivity index is 1.81. The van der Waals surface area contributed by atoms with Gasteiger partial charge in [-0.3, -0.25) is 9.59 Å². The van der Waals surface area contributed by atoms with Gasteiger partial charge in [0, 0.05) is 6.20 Å². The van der Waals surface area contributed by atoms with Crippen molar-refractivity contribution < 1.29 is 4.79 Å². The Bertz CT molecular complexity index is 882. The maximum Gasteiger partial charge on any atom is 0.291 e. The van der Waals surface area contributed by atoms with Crippen molar-refractivity contribution in [3.8, 4) is 0 Å². The molecular formula is C17H18N4O2. The standard InChI is InChI=1S/C17H18N4O2/c1-12(14-7-4-3-5-8-14)19-16(22)13(2)21-17(23)15-9-6-10-20(15)11-18-21/h3-13H,1-2H3,(H,19,22)/t12-,13-/m1/s1. The molecular weight excluding hydrogens is 292 g/mol. The number of carbonyl (C=O) groups is 1. The molecule has 0 aliphatic heterocycles. The molecule has 1 N–H and O–H groups in total. The molecule has 2 aromatic heterocycles. The van der Waals surface area contributed by atoms with Crippen LogP contribution in [0.4, 0.5) is 0 Å². The predicted molar refractivity (Wildman–Crippen MR) is 87.2 cm³/mol.